The van der Waals surface area contributed by atoms with Crippen molar-refractivity contribution in [3.63, 3.8) is 0 Å². The number of imidazole rings is 1. The molecule has 8 heteroatoms. The zero-order chi connectivity index (χ0) is 18.9. The molecule has 6 nitrogen and oxygen atoms in total. The van der Waals surface area contributed by atoms with E-state index in [-0.39, 0.29) is 35.2 Å². The number of H-pyrrole nitrogens is 1. The lowest BCUT2D eigenvalue weighted by Crippen LogP contribution is -2.49. The van der Waals surface area contributed by atoms with E-state index in [4.69, 9.17) is 0 Å². The smallest absolute Gasteiger partial charge is 0.233 e. The number of hydrogen-bond donors (Lipinski definition) is 1. The average Bonchev–Trinajstić information content (AvgIpc) is 3.23. The third kappa shape index (κ3) is 4.32. The molecule has 1 aromatic heterocycles. The standard InChI is InChI=1S/C19H25N3O3S2/c23-18(12-26-19-20-16-8-4-5-9-17(16)21-19)22(14-6-2-1-3-7-14)15-10-11-27(24,25)13-15/h4-5,8-9,14-15H,1-3,6-7,10-13H2,(H,20,21)/t15-/m0/s1. The van der Waals surface area contributed by atoms with E-state index in [1.54, 1.807) is 0 Å². The number of para-hydroxylation sites is 2. The topological polar surface area (TPSA) is 83.1 Å². The summed E-state index contributed by atoms with van der Waals surface area (Å²) in [5.41, 5.74) is 1.84. The molecule has 1 N–H and O–H groups in total. The Morgan fingerprint density at radius 1 is 1.15 bits per heavy atom. The maximum atomic E-state index is 13.1. The van der Waals surface area contributed by atoms with Crippen LogP contribution in [0.3, 0.4) is 0 Å². The van der Waals surface area contributed by atoms with Crippen molar-refractivity contribution in [2.24, 2.45) is 0 Å². The summed E-state index contributed by atoms with van der Waals surface area (Å²) in [7, 11) is -3.02. The van der Waals surface area contributed by atoms with Gasteiger partial charge in [-0.2, -0.15) is 0 Å². The molecular formula is C19H25N3O3S2. The van der Waals surface area contributed by atoms with Gasteiger partial charge in [-0.25, -0.2) is 13.4 Å². The van der Waals surface area contributed by atoms with Gasteiger partial charge in [0.25, 0.3) is 0 Å². The van der Waals surface area contributed by atoms with Crippen molar-refractivity contribution in [3.8, 4) is 0 Å². The third-order valence-corrected chi connectivity index (χ3v) is 8.17. The molecule has 1 saturated carbocycles. The number of nitrogens with one attached hydrogen (secondary N) is 1. The second-order valence-electron chi connectivity index (χ2n) is 7.50. The van der Waals surface area contributed by atoms with Gasteiger partial charge in [0.1, 0.15) is 0 Å². The summed E-state index contributed by atoms with van der Waals surface area (Å²) in [5.74, 6) is 0.636. The van der Waals surface area contributed by atoms with Gasteiger partial charge < -0.3 is 9.88 Å². The number of hydrogen-bond acceptors (Lipinski definition) is 5. The number of carbonyl (C=O) groups excluding carboxylic acids is 1. The Kier molecular flexibility index (Phi) is 5.45. The molecular weight excluding hydrogens is 382 g/mol. The van der Waals surface area contributed by atoms with Crippen LogP contribution in [0.5, 0.6) is 0 Å². The molecule has 4 rings (SSSR count). The first-order valence-corrected chi connectivity index (χ1v) is 12.4. The van der Waals surface area contributed by atoms with Crippen LogP contribution in [-0.4, -0.2) is 58.5 Å². The van der Waals surface area contributed by atoms with E-state index in [1.807, 2.05) is 29.2 Å². The summed E-state index contributed by atoms with van der Waals surface area (Å²) in [4.78, 5) is 22.8. The van der Waals surface area contributed by atoms with Gasteiger partial charge in [0.15, 0.2) is 15.0 Å². The summed E-state index contributed by atoms with van der Waals surface area (Å²) < 4.78 is 23.9. The van der Waals surface area contributed by atoms with Crippen molar-refractivity contribution in [2.45, 2.75) is 55.8 Å². The van der Waals surface area contributed by atoms with Gasteiger partial charge in [0.2, 0.25) is 5.91 Å². The molecule has 1 saturated heterocycles. The lowest BCUT2D eigenvalue weighted by Gasteiger charge is -2.38. The summed E-state index contributed by atoms with van der Waals surface area (Å²) in [6.07, 6.45) is 5.97. The van der Waals surface area contributed by atoms with Crippen LogP contribution >= 0.6 is 11.8 Å². The number of carbonyl (C=O) groups is 1. The highest BCUT2D eigenvalue weighted by Crippen LogP contribution is 2.29. The molecule has 0 radical (unpaired) electrons. The highest BCUT2D eigenvalue weighted by Gasteiger charge is 2.38. The molecule has 2 aromatic rings. The quantitative estimate of drug-likeness (QED) is 0.771. The number of amides is 1. The van der Waals surface area contributed by atoms with Crippen LogP contribution in [0.4, 0.5) is 0 Å². The first kappa shape index (κ1) is 18.8. The van der Waals surface area contributed by atoms with E-state index in [2.05, 4.69) is 9.97 Å². The monoisotopic (exact) mass is 407 g/mol. The van der Waals surface area contributed by atoms with Crippen molar-refractivity contribution in [2.75, 3.05) is 17.3 Å². The van der Waals surface area contributed by atoms with Gasteiger partial charge in [-0.3, -0.25) is 4.79 Å². The average molecular weight is 408 g/mol. The predicted molar refractivity (Wildman–Crippen MR) is 108 cm³/mol. The van der Waals surface area contributed by atoms with Crippen LogP contribution in [0.15, 0.2) is 29.4 Å². The molecule has 2 heterocycles. The third-order valence-electron chi connectivity index (χ3n) is 5.56. The molecule has 1 aliphatic heterocycles. The normalized spacial score (nSPS) is 22.9. The highest BCUT2D eigenvalue weighted by atomic mass is 32.2. The Bertz CT molecular complexity index is 886. The Hall–Kier alpha value is -1.54. The van der Waals surface area contributed by atoms with Gasteiger partial charge in [-0.1, -0.05) is 43.2 Å². The van der Waals surface area contributed by atoms with E-state index in [0.29, 0.717) is 6.42 Å². The number of sulfone groups is 1. The van der Waals surface area contributed by atoms with Crippen LogP contribution < -0.4 is 0 Å². The van der Waals surface area contributed by atoms with Crippen LogP contribution in [0.2, 0.25) is 0 Å². The van der Waals surface area contributed by atoms with E-state index in [0.717, 1.165) is 41.9 Å². The van der Waals surface area contributed by atoms with Crippen molar-refractivity contribution in [1.82, 2.24) is 14.9 Å². The summed E-state index contributed by atoms with van der Waals surface area (Å²) >= 11 is 1.40. The van der Waals surface area contributed by atoms with E-state index in [1.165, 1.54) is 18.2 Å². The Morgan fingerprint density at radius 2 is 1.93 bits per heavy atom. The van der Waals surface area contributed by atoms with Crippen molar-refractivity contribution < 1.29 is 13.2 Å². The zero-order valence-electron chi connectivity index (χ0n) is 15.3. The van der Waals surface area contributed by atoms with Crippen molar-refractivity contribution >= 4 is 38.5 Å². The second-order valence-corrected chi connectivity index (χ2v) is 10.7. The molecule has 27 heavy (non-hydrogen) atoms. The molecule has 1 atom stereocenters. The minimum atomic E-state index is -3.02. The first-order chi connectivity index (χ1) is 13.0. The van der Waals surface area contributed by atoms with Gasteiger partial charge in [0, 0.05) is 12.1 Å². The minimum Gasteiger partial charge on any atom is -0.335 e. The molecule has 0 spiro atoms. The molecule has 2 aliphatic rings. The van der Waals surface area contributed by atoms with E-state index >= 15 is 0 Å². The number of aromatic amines is 1. The number of aromatic nitrogens is 2. The number of rotatable bonds is 5. The second kappa shape index (κ2) is 7.83. The van der Waals surface area contributed by atoms with Crippen LogP contribution in [0.1, 0.15) is 38.5 Å². The highest BCUT2D eigenvalue weighted by molar-refractivity contribution is 7.99. The molecule has 1 aromatic carbocycles. The minimum absolute atomic E-state index is 0.0365. The first-order valence-electron chi connectivity index (χ1n) is 9.61. The summed E-state index contributed by atoms with van der Waals surface area (Å²) in [6.45, 7) is 0. The summed E-state index contributed by atoms with van der Waals surface area (Å²) in [5, 5.41) is 0.729. The van der Waals surface area contributed by atoms with Gasteiger partial charge >= 0.3 is 0 Å². The van der Waals surface area contributed by atoms with E-state index in [9.17, 15) is 13.2 Å². The Balaban J connectivity index is 1.47. The fourth-order valence-corrected chi connectivity index (χ4v) is 6.73. The van der Waals surface area contributed by atoms with Gasteiger partial charge in [-0.15, -0.1) is 0 Å². The van der Waals surface area contributed by atoms with Crippen molar-refractivity contribution in [3.05, 3.63) is 24.3 Å². The predicted octanol–water partition coefficient (Wildman–Crippen LogP) is 3.00. The zero-order valence-corrected chi connectivity index (χ0v) is 16.9. The lowest BCUT2D eigenvalue weighted by atomic mass is 9.93. The number of fused-ring (bicyclic) bond motifs is 1. The van der Waals surface area contributed by atoms with E-state index < -0.39 is 9.84 Å². The number of nitrogens with zero attached hydrogens (tertiary/aromatic N) is 2. The molecule has 2 fully saturated rings. The molecule has 146 valence electrons. The molecule has 0 unspecified atom stereocenters. The SMILES string of the molecule is O=C(CSc1nc2ccccc2[nH]1)N(C1CCCCC1)[C@H]1CCS(=O)(=O)C1. The fourth-order valence-electron chi connectivity index (χ4n) is 4.26. The molecule has 0 bridgehead atoms. The van der Waals surface area contributed by atoms with Crippen LogP contribution in [0, 0.1) is 0 Å². The number of thioether (sulfide) groups is 1. The molecule has 1 aliphatic carbocycles. The van der Waals surface area contributed by atoms with Crippen LogP contribution in [-0.2, 0) is 14.6 Å². The van der Waals surface area contributed by atoms with Crippen molar-refractivity contribution in [1.29, 1.82) is 0 Å². The van der Waals surface area contributed by atoms with Gasteiger partial charge in [0.05, 0.1) is 28.3 Å². The summed E-state index contributed by atoms with van der Waals surface area (Å²) in [6, 6.07) is 7.81. The fraction of sp³-hybridized carbons (Fsp3) is 0.579. The maximum Gasteiger partial charge on any atom is 0.233 e. The Morgan fingerprint density at radius 3 is 2.63 bits per heavy atom. The van der Waals surface area contributed by atoms with Crippen LogP contribution in [0.25, 0.3) is 11.0 Å². The lowest BCUT2D eigenvalue weighted by molar-refractivity contribution is -0.133. The molecule has 1 amide bonds. The van der Waals surface area contributed by atoms with Gasteiger partial charge in [-0.05, 0) is 31.4 Å². The Labute approximate surface area is 164 Å². The maximum absolute atomic E-state index is 13.1. The number of benzene rings is 1. The largest absolute Gasteiger partial charge is 0.335 e.